The Labute approximate surface area is 115 Å². The molecule has 2 rings (SSSR count). The molecule has 0 unspecified atom stereocenters. The second-order valence-corrected chi connectivity index (χ2v) is 5.63. The molecule has 0 aliphatic carbocycles. The number of halogens is 1. The summed E-state index contributed by atoms with van der Waals surface area (Å²) < 4.78 is 0. The third-order valence-electron chi connectivity index (χ3n) is 3.18. The van der Waals surface area contributed by atoms with Crippen LogP contribution in [0.4, 0.5) is 0 Å². The van der Waals surface area contributed by atoms with Crippen molar-refractivity contribution in [3.63, 3.8) is 0 Å². The van der Waals surface area contributed by atoms with Gasteiger partial charge in [-0.05, 0) is 46.5 Å². The number of benzene rings is 1. The summed E-state index contributed by atoms with van der Waals surface area (Å²) in [5, 5.41) is 24.1. The minimum Gasteiger partial charge on any atom is -0.395 e. The molecule has 4 heteroatoms. The Kier molecular flexibility index (Phi) is 4.40. The zero-order valence-electron chi connectivity index (χ0n) is 9.84. The number of aliphatic hydroxyl groups is 2. The number of aliphatic hydroxyl groups excluding tert-OH is 2. The summed E-state index contributed by atoms with van der Waals surface area (Å²) in [7, 11) is 0. The maximum Gasteiger partial charge on any atom is 0.0553 e. The average Bonchev–Trinajstić information content (AvgIpc) is 2.90. The van der Waals surface area contributed by atoms with Crippen LogP contribution < -0.4 is 0 Å². The second kappa shape index (κ2) is 5.85. The molecule has 0 fully saturated rings. The third kappa shape index (κ3) is 2.75. The van der Waals surface area contributed by atoms with Crippen molar-refractivity contribution in [1.82, 2.24) is 0 Å². The van der Waals surface area contributed by atoms with E-state index in [4.69, 9.17) is 11.6 Å². The van der Waals surface area contributed by atoms with Gasteiger partial charge in [0.15, 0.2) is 0 Å². The van der Waals surface area contributed by atoms with Gasteiger partial charge in [-0.25, -0.2) is 0 Å². The van der Waals surface area contributed by atoms with Crippen molar-refractivity contribution in [2.75, 3.05) is 13.2 Å². The molecule has 2 aromatic rings. The summed E-state index contributed by atoms with van der Waals surface area (Å²) >= 11 is 7.48. The van der Waals surface area contributed by atoms with E-state index in [1.165, 1.54) is 0 Å². The van der Waals surface area contributed by atoms with Gasteiger partial charge >= 0.3 is 0 Å². The highest BCUT2D eigenvalue weighted by atomic mass is 35.5. The predicted molar refractivity (Wildman–Crippen MR) is 75.3 cm³/mol. The fourth-order valence-electron chi connectivity index (χ4n) is 2.03. The Balaban J connectivity index is 2.33. The van der Waals surface area contributed by atoms with Gasteiger partial charge in [0, 0.05) is 10.4 Å². The monoisotopic (exact) mass is 282 g/mol. The minimum atomic E-state index is -0.647. The molecule has 0 amide bonds. The minimum absolute atomic E-state index is 0.0963. The zero-order valence-corrected chi connectivity index (χ0v) is 11.4. The van der Waals surface area contributed by atoms with Gasteiger partial charge in [0.25, 0.3) is 0 Å². The maximum atomic E-state index is 9.71. The van der Waals surface area contributed by atoms with Crippen molar-refractivity contribution in [2.24, 2.45) is 0 Å². The lowest BCUT2D eigenvalue weighted by Gasteiger charge is -2.30. The molecule has 1 aromatic heterocycles. The summed E-state index contributed by atoms with van der Waals surface area (Å²) in [4.78, 5) is 0. The molecule has 0 atom stereocenters. The van der Waals surface area contributed by atoms with Crippen LogP contribution in [0.2, 0.25) is 5.02 Å². The quantitative estimate of drug-likeness (QED) is 0.885. The van der Waals surface area contributed by atoms with Crippen molar-refractivity contribution < 1.29 is 10.2 Å². The highest BCUT2D eigenvalue weighted by molar-refractivity contribution is 7.07. The molecule has 1 aromatic carbocycles. The van der Waals surface area contributed by atoms with Crippen LogP contribution in [0.1, 0.15) is 11.1 Å². The Bertz CT molecular complexity index is 475. The first kappa shape index (κ1) is 13.6. The van der Waals surface area contributed by atoms with Gasteiger partial charge in [-0.2, -0.15) is 11.3 Å². The van der Waals surface area contributed by atoms with E-state index < -0.39 is 5.41 Å². The lowest BCUT2D eigenvalue weighted by atomic mass is 9.77. The van der Waals surface area contributed by atoms with Crippen molar-refractivity contribution in [3.05, 3.63) is 57.2 Å². The van der Waals surface area contributed by atoms with Crippen LogP contribution in [0, 0.1) is 0 Å². The molecule has 0 aliphatic rings. The van der Waals surface area contributed by atoms with Crippen LogP contribution in [0.5, 0.6) is 0 Å². The number of rotatable bonds is 5. The number of hydrogen-bond donors (Lipinski definition) is 2. The summed E-state index contributed by atoms with van der Waals surface area (Å²) in [6.07, 6.45) is 0.616. The Hall–Kier alpha value is -0.870. The topological polar surface area (TPSA) is 40.5 Å². The van der Waals surface area contributed by atoms with Crippen LogP contribution in [0.25, 0.3) is 0 Å². The van der Waals surface area contributed by atoms with E-state index in [9.17, 15) is 10.2 Å². The Morgan fingerprint density at radius 3 is 2.22 bits per heavy atom. The van der Waals surface area contributed by atoms with E-state index in [0.29, 0.717) is 11.4 Å². The van der Waals surface area contributed by atoms with E-state index in [1.54, 1.807) is 23.5 Å². The van der Waals surface area contributed by atoms with Gasteiger partial charge in [0.2, 0.25) is 0 Å². The standard InChI is InChI=1S/C14H15ClO2S/c15-13-3-1-12(2-4-13)14(9-16,10-17)7-11-5-6-18-8-11/h1-6,8,16-17H,7,9-10H2. The normalized spacial score (nSPS) is 11.7. The Morgan fingerprint density at radius 1 is 1.06 bits per heavy atom. The molecule has 0 bridgehead atoms. The lowest BCUT2D eigenvalue weighted by molar-refractivity contribution is 0.116. The predicted octanol–water partition coefficient (Wildman–Crippen LogP) is 2.87. The van der Waals surface area contributed by atoms with E-state index in [-0.39, 0.29) is 13.2 Å². The molecule has 1 heterocycles. The molecule has 0 saturated carbocycles. The maximum absolute atomic E-state index is 9.71. The molecular formula is C14H15ClO2S. The fraction of sp³-hybridized carbons (Fsp3) is 0.286. The highest BCUT2D eigenvalue weighted by Gasteiger charge is 2.31. The molecule has 18 heavy (non-hydrogen) atoms. The summed E-state index contributed by atoms with van der Waals surface area (Å²) in [6.45, 7) is -0.193. The first-order valence-electron chi connectivity index (χ1n) is 5.69. The molecule has 2 nitrogen and oxygen atoms in total. The van der Waals surface area contributed by atoms with Crippen LogP contribution in [-0.2, 0) is 11.8 Å². The zero-order chi connectivity index (χ0) is 13.0. The fourth-order valence-corrected chi connectivity index (χ4v) is 2.83. The molecule has 0 spiro atoms. The van der Waals surface area contributed by atoms with Crippen molar-refractivity contribution in [2.45, 2.75) is 11.8 Å². The van der Waals surface area contributed by atoms with Gasteiger partial charge in [0.05, 0.1) is 13.2 Å². The van der Waals surface area contributed by atoms with Crippen LogP contribution >= 0.6 is 22.9 Å². The summed E-state index contributed by atoms with van der Waals surface area (Å²) in [6, 6.07) is 9.30. The van der Waals surface area contributed by atoms with Crippen molar-refractivity contribution in [3.8, 4) is 0 Å². The number of thiophene rings is 1. The molecule has 0 aliphatic heterocycles. The van der Waals surface area contributed by atoms with E-state index in [2.05, 4.69) is 0 Å². The second-order valence-electron chi connectivity index (χ2n) is 4.41. The van der Waals surface area contributed by atoms with Crippen LogP contribution in [-0.4, -0.2) is 23.4 Å². The van der Waals surface area contributed by atoms with Gasteiger partial charge in [-0.3, -0.25) is 0 Å². The van der Waals surface area contributed by atoms with Gasteiger partial charge < -0.3 is 10.2 Å². The smallest absolute Gasteiger partial charge is 0.0553 e. The highest BCUT2D eigenvalue weighted by Crippen LogP contribution is 2.29. The molecule has 0 radical (unpaired) electrons. The third-order valence-corrected chi connectivity index (χ3v) is 4.17. The SMILES string of the molecule is OCC(CO)(Cc1ccsc1)c1ccc(Cl)cc1. The van der Waals surface area contributed by atoms with Crippen molar-refractivity contribution in [1.29, 1.82) is 0 Å². The molecular weight excluding hydrogens is 268 g/mol. The van der Waals surface area contributed by atoms with Crippen LogP contribution in [0.3, 0.4) is 0 Å². The average molecular weight is 283 g/mol. The summed E-state index contributed by atoms with van der Waals surface area (Å²) in [5.74, 6) is 0. The van der Waals surface area contributed by atoms with E-state index in [1.807, 2.05) is 29.0 Å². The van der Waals surface area contributed by atoms with Crippen LogP contribution in [0.15, 0.2) is 41.1 Å². The Morgan fingerprint density at radius 2 is 1.72 bits per heavy atom. The summed E-state index contributed by atoms with van der Waals surface area (Å²) in [5.41, 5.74) is 1.38. The number of hydrogen-bond acceptors (Lipinski definition) is 3. The molecule has 96 valence electrons. The lowest BCUT2D eigenvalue weighted by Crippen LogP contribution is -2.37. The van der Waals surface area contributed by atoms with E-state index >= 15 is 0 Å². The van der Waals surface area contributed by atoms with E-state index in [0.717, 1.165) is 11.1 Å². The first-order chi connectivity index (χ1) is 8.70. The first-order valence-corrected chi connectivity index (χ1v) is 7.01. The molecule has 2 N–H and O–H groups in total. The van der Waals surface area contributed by atoms with Gasteiger partial charge in [-0.15, -0.1) is 0 Å². The van der Waals surface area contributed by atoms with Gasteiger partial charge in [0.1, 0.15) is 0 Å². The van der Waals surface area contributed by atoms with Crippen molar-refractivity contribution >= 4 is 22.9 Å². The molecule has 0 saturated heterocycles. The largest absolute Gasteiger partial charge is 0.395 e. The van der Waals surface area contributed by atoms with Gasteiger partial charge in [-0.1, -0.05) is 23.7 Å².